The molecule has 0 aliphatic rings. The van der Waals surface area contributed by atoms with E-state index in [1.54, 1.807) is 4.57 Å². The number of anilines is 1. The van der Waals surface area contributed by atoms with Crippen molar-refractivity contribution in [3.63, 3.8) is 0 Å². The molecule has 1 aromatic heterocycles. The summed E-state index contributed by atoms with van der Waals surface area (Å²) in [6, 6.07) is 5.81. The smallest absolute Gasteiger partial charge is 0.297 e. The topological polar surface area (TPSA) is 63.5 Å². The first-order valence-corrected chi connectivity index (χ1v) is 13.9. The standard InChI is InChI=1S/C31H48N2O3/c1-6-8-10-11-12-13-22-36-30-29(34)27-18-17-26(23-28(27)33(31(30)35)21-9-7-2)32-20-19-25(5)16-14-15-24(3)4/h15,17-19,23,32,34H,6-14,16,20-22H2,1-5H3/b25-19+. The molecule has 5 heteroatoms. The number of fused-ring (bicyclic) bond motifs is 1. The van der Waals surface area contributed by atoms with Crippen molar-refractivity contribution in [1.82, 2.24) is 4.57 Å². The number of benzene rings is 1. The van der Waals surface area contributed by atoms with Crippen molar-refractivity contribution in [3.05, 3.63) is 51.9 Å². The summed E-state index contributed by atoms with van der Waals surface area (Å²) >= 11 is 0. The second-order valence-corrected chi connectivity index (χ2v) is 10.1. The number of unbranched alkanes of at least 4 members (excludes halogenated alkanes) is 6. The van der Waals surface area contributed by atoms with Gasteiger partial charge in [0.1, 0.15) is 0 Å². The number of ether oxygens (including phenoxy) is 1. The van der Waals surface area contributed by atoms with Crippen LogP contribution in [0.15, 0.2) is 46.3 Å². The van der Waals surface area contributed by atoms with Gasteiger partial charge in [-0.25, -0.2) is 0 Å². The van der Waals surface area contributed by atoms with Crippen LogP contribution in [0.4, 0.5) is 5.69 Å². The molecule has 0 atom stereocenters. The first-order valence-electron chi connectivity index (χ1n) is 13.9. The first kappa shape index (κ1) is 29.5. The van der Waals surface area contributed by atoms with E-state index in [0.29, 0.717) is 18.5 Å². The predicted octanol–water partition coefficient (Wildman–Crippen LogP) is 8.35. The van der Waals surface area contributed by atoms with Crippen molar-refractivity contribution in [2.45, 2.75) is 105 Å². The van der Waals surface area contributed by atoms with Gasteiger partial charge in [0.05, 0.1) is 12.1 Å². The molecule has 0 unspecified atom stereocenters. The monoisotopic (exact) mass is 496 g/mol. The normalized spacial score (nSPS) is 11.6. The largest absolute Gasteiger partial charge is 0.504 e. The number of aromatic hydroxyl groups is 1. The van der Waals surface area contributed by atoms with Crippen LogP contribution in [0.3, 0.4) is 0 Å². The van der Waals surface area contributed by atoms with Crippen LogP contribution in [-0.4, -0.2) is 22.8 Å². The minimum absolute atomic E-state index is 0.0460. The third-order valence-electron chi connectivity index (χ3n) is 6.53. The highest BCUT2D eigenvalue weighted by atomic mass is 16.5. The van der Waals surface area contributed by atoms with Crippen molar-refractivity contribution in [1.29, 1.82) is 0 Å². The van der Waals surface area contributed by atoms with Gasteiger partial charge in [-0.05, 0) is 64.7 Å². The quantitative estimate of drug-likeness (QED) is 0.171. The third kappa shape index (κ3) is 9.40. The summed E-state index contributed by atoms with van der Waals surface area (Å²) in [6.07, 6.45) is 15.3. The zero-order valence-corrected chi connectivity index (χ0v) is 23.3. The number of aryl methyl sites for hydroxylation is 1. The minimum atomic E-state index is -0.244. The second-order valence-electron chi connectivity index (χ2n) is 10.1. The first-order chi connectivity index (χ1) is 17.4. The van der Waals surface area contributed by atoms with Gasteiger partial charge in [-0.2, -0.15) is 0 Å². The van der Waals surface area contributed by atoms with Crippen LogP contribution < -0.4 is 15.6 Å². The van der Waals surface area contributed by atoms with Gasteiger partial charge in [-0.3, -0.25) is 4.79 Å². The average molecular weight is 497 g/mol. The number of allylic oxidation sites excluding steroid dienone is 3. The van der Waals surface area contributed by atoms with Crippen molar-refractivity contribution in [2.24, 2.45) is 0 Å². The molecule has 0 saturated carbocycles. The van der Waals surface area contributed by atoms with Gasteiger partial charge in [-0.1, -0.05) is 75.7 Å². The van der Waals surface area contributed by atoms with Crippen molar-refractivity contribution in [3.8, 4) is 11.5 Å². The molecule has 5 nitrogen and oxygen atoms in total. The van der Waals surface area contributed by atoms with Crippen LogP contribution in [0, 0.1) is 0 Å². The summed E-state index contributed by atoms with van der Waals surface area (Å²) in [5.74, 6) is 0.0399. The Bertz CT molecular complexity index is 1060. The molecule has 0 spiro atoms. The molecule has 0 amide bonds. The van der Waals surface area contributed by atoms with Crippen LogP contribution in [0.1, 0.15) is 98.8 Å². The lowest BCUT2D eigenvalue weighted by molar-refractivity contribution is 0.283. The van der Waals surface area contributed by atoms with Crippen molar-refractivity contribution >= 4 is 16.6 Å². The molecular weight excluding hydrogens is 448 g/mol. The number of rotatable bonds is 17. The maximum absolute atomic E-state index is 13.3. The Morgan fingerprint density at radius 3 is 2.44 bits per heavy atom. The number of nitrogens with zero attached hydrogens (tertiary/aromatic N) is 1. The SMILES string of the molecule is CCCCCCCCOc1c(O)c2ccc(NC/C=C(\C)CCC=C(C)C)cc2n(CCCC)c1=O. The van der Waals surface area contributed by atoms with Crippen molar-refractivity contribution < 1.29 is 9.84 Å². The molecular formula is C31H48N2O3. The van der Waals surface area contributed by atoms with Crippen LogP contribution in [0.25, 0.3) is 10.9 Å². The summed E-state index contributed by atoms with van der Waals surface area (Å²) in [7, 11) is 0. The van der Waals surface area contributed by atoms with Gasteiger partial charge < -0.3 is 19.7 Å². The maximum Gasteiger partial charge on any atom is 0.297 e. The zero-order valence-electron chi connectivity index (χ0n) is 23.3. The maximum atomic E-state index is 13.3. The van der Waals surface area contributed by atoms with E-state index in [9.17, 15) is 9.90 Å². The van der Waals surface area contributed by atoms with Gasteiger partial charge in [0.15, 0.2) is 5.75 Å². The Labute approximate surface area is 218 Å². The fraction of sp³-hybridized carbons (Fsp3) is 0.581. The van der Waals surface area contributed by atoms with Gasteiger partial charge in [0.2, 0.25) is 5.75 Å². The molecule has 200 valence electrons. The highest BCUT2D eigenvalue weighted by molar-refractivity contribution is 5.90. The number of nitrogens with one attached hydrogen (secondary N) is 1. The van der Waals surface area contributed by atoms with Crippen LogP contribution in [-0.2, 0) is 6.54 Å². The molecule has 1 heterocycles. The highest BCUT2D eigenvalue weighted by Gasteiger charge is 2.18. The fourth-order valence-corrected chi connectivity index (χ4v) is 4.28. The van der Waals surface area contributed by atoms with E-state index in [1.165, 1.54) is 36.8 Å². The van der Waals surface area contributed by atoms with Gasteiger partial charge in [0.25, 0.3) is 5.56 Å². The molecule has 1 aromatic carbocycles. The Morgan fingerprint density at radius 1 is 1.00 bits per heavy atom. The Hall–Kier alpha value is -2.69. The Morgan fingerprint density at radius 2 is 1.72 bits per heavy atom. The zero-order chi connectivity index (χ0) is 26.3. The molecule has 0 bridgehead atoms. The van der Waals surface area contributed by atoms with Gasteiger partial charge in [-0.15, -0.1) is 0 Å². The highest BCUT2D eigenvalue weighted by Crippen LogP contribution is 2.33. The summed E-state index contributed by atoms with van der Waals surface area (Å²) < 4.78 is 7.63. The van der Waals surface area contributed by atoms with Gasteiger partial charge in [0, 0.05) is 24.2 Å². The Kier molecular flexibility index (Phi) is 13.2. The lowest BCUT2D eigenvalue weighted by Gasteiger charge is -2.16. The number of pyridine rings is 1. The van der Waals surface area contributed by atoms with Crippen molar-refractivity contribution in [2.75, 3.05) is 18.5 Å². The van der Waals surface area contributed by atoms with E-state index < -0.39 is 0 Å². The summed E-state index contributed by atoms with van der Waals surface area (Å²) in [5.41, 5.74) is 4.13. The summed E-state index contributed by atoms with van der Waals surface area (Å²) in [6.45, 7) is 12.5. The van der Waals surface area contributed by atoms with E-state index in [-0.39, 0.29) is 17.1 Å². The lowest BCUT2D eigenvalue weighted by Crippen LogP contribution is -2.23. The molecule has 0 saturated heterocycles. The molecule has 2 aromatic rings. The van der Waals surface area contributed by atoms with E-state index in [1.807, 2.05) is 18.2 Å². The summed E-state index contributed by atoms with van der Waals surface area (Å²) in [4.78, 5) is 13.3. The lowest BCUT2D eigenvalue weighted by atomic mass is 10.1. The third-order valence-corrected chi connectivity index (χ3v) is 6.53. The van der Waals surface area contributed by atoms with E-state index in [2.05, 4.69) is 52.1 Å². The molecule has 0 radical (unpaired) electrons. The van der Waals surface area contributed by atoms with Crippen LogP contribution in [0.5, 0.6) is 11.5 Å². The van der Waals surface area contributed by atoms with E-state index in [0.717, 1.165) is 56.3 Å². The Balaban J connectivity index is 2.17. The van der Waals surface area contributed by atoms with E-state index >= 15 is 0 Å². The van der Waals surface area contributed by atoms with Gasteiger partial charge >= 0.3 is 0 Å². The minimum Gasteiger partial charge on any atom is -0.504 e. The molecule has 0 aliphatic carbocycles. The molecule has 2 rings (SSSR count). The number of aromatic nitrogens is 1. The van der Waals surface area contributed by atoms with E-state index in [4.69, 9.17) is 4.74 Å². The molecule has 36 heavy (non-hydrogen) atoms. The average Bonchev–Trinajstić information content (AvgIpc) is 2.85. The van der Waals surface area contributed by atoms with Crippen LogP contribution in [0.2, 0.25) is 0 Å². The number of hydrogen-bond donors (Lipinski definition) is 2. The molecule has 2 N–H and O–H groups in total. The van der Waals surface area contributed by atoms with Crippen LogP contribution >= 0.6 is 0 Å². The second kappa shape index (κ2) is 16.1. The molecule has 0 aliphatic heterocycles. The summed E-state index contributed by atoms with van der Waals surface area (Å²) in [5, 5.41) is 15.0. The number of hydrogen-bond acceptors (Lipinski definition) is 4. The predicted molar refractivity (Wildman–Crippen MR) is 155 cm³/mol. The fourth-order valence-electron chi connectivity index (χ4n) is 4.28. The molecule has 0 fully saturated rings.